The predicted molar refractivity (Wildman–Crippen MR) is 95.3 cm³/mol. The van der Waals surface area contributed by atoms with E-state index in [1.54, 1.807) is 26.0 Å². The van der Waals surface area contributed by atoms with Crippen molar-refractivity contribution in [2.24, 2.45) is 5.73 Å². The SMILES string of the molecule is CC(=O)CC(=O)OCC(C(=O)Nc1ccc(Br)cc1CN)=C(C)C. The van der Waals surface area contributed by atoms with Gasteiger partial charge in [0.15, 0.2) is 0 Å². The molecule has 24 heavy (non-hydrogen) atoms. The first kappa shape index (κ1) is 20.1. The predicted octanol–water partition coefficient (Wildman–Crippen LogP) is 2.71. The van der Waals surface area contributed by atoms with Gasteiger partial charge in [0.05, 0.1) is 5.57 Å². The molecule has 0 aliphatic rings. The van der Waals surface area contributed by atoms with Gasteiger partial charge in [-0.25, -0.2) is 0 Å². The van der Waals surface area contributed by atoms with Crippen molar-refractivity contribution in [3.63, 3.8) is 0 Å². The van der Waals surface area contributed by atoms with Crippen LogP contribution in [0, 0.1) is 0 Å². The van der Waals surface area contributed by atoms with Gasteiger partial charge in [0.1, 0.15) is 18.8 Å². The third kappa shape index (κ3) is 6.25. The van der Waals surface area contributed by atoms with Crippen LogP contribution in [0.5, 0.6) is 0 Å². The molecule has 1 rings (SSSR count). The molecule has 130 valence electrons. The Morgan fingerprint density at radius 1 is 1.21 bits per heavy atom. The van der Waals surface area contributed by atoms with Crippen molar-refractivity contribution >= 4 is 39.3 Å². The number of nitrogens with one attached hydrogen (secondary N) is 1. The summed E-state index contributed by atoms with van der Waals surface area (Å²) in [7, 11) is 0. The van der Waals surface area contributed by atoms with Crippen molar-refractivity contribution in [1.29, 1.82) is 0 Å². The molecule has 0 fully saturated rings. The number of benzene rings is 1. The van der Waals surface area contributed by atoms with Crippen molar-refractivity contribution in [3.8, 4) is 0 Å². The molecule has 1 aromatic carbocycles. The topological polar surface area (TPSA) is 98.5 Å². The first-order valence-corrected chi connectivity index (χ1v) is 8.15. The molecular weight excluding hydrogens is 376 g/mol. The number of carbonyl (C=O) groups is 3. The number of rotatable bonds is 7. The maximum atomic E-state index is 12.5. The summed E-state index contributed by atoms with van der Waals surface area (Å²) < 4.78 is 5.86. The summed E-state index contributed by atoms with van der Waals surface area (Å²) in [6.07, 6.45) is -0.304. The average Bonchev–Trinajstić information content (AvgIpc) is 2.48. The van der Waals surface area contributed by atoms with E-state index in [4.69, 9.17) is 10.5 Å². The Morgan fingerprint density at radius 3 is 2.42 bits per heavy atom. The number of hydrogen-bond acceptors (Lipinski definition) is 5. The number of allylic oxidation sites excluding steroid dienone is 1. The molecule has 0 aliphatic carbocycles. The van der Waals surface area contributed by atoms with E-state index in [2.05, 4.69) is 21.2 Å². The summed E-state index contributed by atoms with van der Waals surface area (Å²) in [6.45, 7) is 4.89. The van der Waals surface area contributed by atoms with Gasteiger partial charge in [0.2, 0.25) is 0 Å². The molecule has 0 aliphatic heterocycles. The third-order valence-corrected chi connectivity index (χ3v) is 3.68. The van der Waals surface area contributed by atoms with Crippen LogP contribution >= 0.6 is 15.9 Å². The first-order chi connectivity index (χ1) is 11.2. The molecule has 1 amide bonds. The Morgan fingerprint density at radius 2 is 1.88 bits per heavy atom. The monoisotopic (exact) mass is 396 g/mol. The maximum absolute atomic E-state index is 12.5. The Kier molecular flexibility index (Phi) is 7.81. The summed E-state index contributed by atoms with van der Waals surface area (Å²) in [5, 5.41) is 2.78. The van der Waals surface area contributed by atoms with Gasteiger partial charge in [-0.1, -0.05) is 21.5 Å². The molecule has 0 saturated carbocycles. The molecule has 0 atom stereocenters. The van der Waals surface area contributed by atoms with Crippen LogP contribution in [-0.4, -0.2) is 24.3 Å². The average molecular weight is 397 g/mol. The van der Waals surface area contributed by atoms with Crippen LogP contribution in [0.4, 0.5) is 5.69 Å². The summed E-state index contributed by atoms with van der Waals surface area (Å²) in [5.41, 5.74) is 8.11. The Hall–Kier alpha value is -1.99. The lowest BCUT2D eigenvalue weighted by Gasteiger charge is -2.14. The lowest BCUT2D eigenvalue weighted by Crippen LogP contribution is -2.22. The number of ketones is 1. The van der Waals surface area contributed by atoms with Crippen molar-refractivity contribution in [3.05, 3.63) is 39.4 Å². The van der Waals surface area contributed by atoms with E-state index in [0.29, 0.717) is 11.3 Å². The normalized spacial score (nSPS) is 10.0. The van der Waals surface area contributed by atoms with Gasteiger partial charge < -0.3 is 15.8 Å². The smallest absolute Gasteiger partial charge is 0.313 e. The molecule has 3 N–H and O–H groups in total. The fourth-order valence-corrected chi connectivity index (χ4v) is 2.30. The molecule has 0 unspecified atom stereocenters. The van der Waals surface area contributed by atoms with E-state index in [1.807, 2.05) is 6.07 Å². The van der Waals surface area contributed by atoms with E-state index in [-0.39, 0.29) is 31.3 Å². The second-order valence-electron chi connectivity index (χ2n) is 5.48. The molecule has 0 heterocycles. The van der Waals surface area contributed by atoms with E-state index in [9.17, 15) is 14.4 Å². The van der Waals surface area contributed by atoms with Crippen molar-refractivity contribution in [2.75, 3.05) is 11.9 Å². The van der Waals surface area contributed by atoms with E-state index >= 15 is 0 Å². The number of esters is 1. The second-order valence-corrected chi connectivity index (χ2v) is 6.39. The number of anilines is 1. The summed E-state index contributed by atoms with van der Waals surface area (Å²) >= 11 is 3.35. The quantitative estimate of drug-likeness (QED) is 0.419. The number of nitrogens with two attached hydrogens (primary N) is 1. The lowest BCUT2D eigenvalue weighted by atomic mass is 10.1. The van der Waals surface area contributed by atoms with E-state index in [1.165, 1.54) is 6.92 Å². The molecule has 0 aromatic heterocycles. The van der Waals surface area contributed by atoms with Crippen LogP contribution in [0.1, 0.15) is 32.8 Å². The minimum atomic E-state index is -0.652. The Bertz CT molecular complexity index is 679. The zero-order chi connectivity index (χ0) is 18.3. The summed E-state index contributed by atoms with van der Waals surface area (Å²) in [5.74, 6) is -1.31. The second kappa shape index (κ2) is 9.34. The fourth-order valence-electron chi connectivity index (χ4n) is 1.89. The highest BCUT2D eigenvalue weighted by Gasteiger charge is 2.16. The summed E-state index contributed by atoms with van der Waals surface area (Å²) in [4.78, 5) is 34.8. The maximum Gasteiger partial charge on any atom is 0.313 e. The minimum Gasteiger partial charge on any atom is -0.460 e. The summed E-state index contributed by atoms with van der Waals surface area (Å²) in [6, 6.07) is 5.36. The standard InChI is InChI=1S/C17H21BrN2O4/c1-10(2)14(9-24-16(22)6-11(3)21)17(23)20-15-5-4-13(18)7-12(15)8-19/h4-5,7H,6,8-9,19H2,1-3H3,(H,20,23). The third-order valence-electron chi connectivity index (χ3n) is 3.18. The number of carbonyl (C=O) groups excluding carboxylic acids is 3. The van der Waals surface area contributed by atoms with Crippen molar-refractivity contribution in [2.45, 2.75) is 33.7 Å². The van der Waals surface area contributed by atoms with Gasteiger partial charge in [0.25, 0.3) is 5.91 Å². The molecular formula is C17H21BrN2O4. The molecule has 6 nitrogen and oxygen atoms in total. The first-order valence-electron chi connectivity index (χ1n) is 7.35. The number of halogens is 1. The van der Waals surface area contributed by atoms with Crippen molar-refractivity contribution < 1.29 is 19.1 Å². The van der Waals surface area contributed by atoms with Crippen molar-refractivity contribution in [1.82, 2.24) is 0 Å². The van der Waals surface area contributed by atoms with E-state index in [0.717, 1.165) is 15.6 Å². The highest BCUT2D eigenvalue weighted by molar-refractivity contribution is 9.10. The van der Waals surface area contributed by atoms with E-state index < -0.39 is 5.97 Å². The molecule has 0 spiro atoms. The Labute approximate surface area is 149 Å². The lowest BCUT2D eigenvalue weighted by molar-refractivity contribution is -0.144. The minimum absolute atomic E-state index is 0.186. The van der Waals surface area contributed by atoms with Crippen LogP contribution < -0.4 is 11.1 Å². The zero-order valence-corrected chi connectivity index (χ0v) is 15.5. The number of amides is 1. The molecule has 1 aromatic rings. The largest absolute Gasteiger partial charge is 0.460 e. The van der Waals surface area contributed by atoms with Gasteiger partial charge in [-0.2, -0.15) is 0 Å². The molecule has 0 radical (unpaired) electrons. The number of hydrogen-bond donors (Lipinski definition) is 2. The molecule has 0 saturated heterocycles. The van der Waals surface area contributed by atoms with Gasteiger partial charge in [0, 0.05) is 16.7 Å². The molecule has 7 heteroatoms. The van der Waals surface area contributed by atoms with Crippen LogP contribution in [0.3, 0.4) is 0 Å². The van der Waals surface area contributed by atoms with Crippen LogP contribution in [0.2, 0.25) is 0 Å². The zero-order valence-electron chi connectivity index (χ0n) is 13.9. The van der Waals surface area contributed by atoms with Gasteiger partial charge in [-0.3, -0.25) is 14.4 Å². The molecule has 0 bridgehead atoms. The number of ether oxygens (including phenoxy) is 1. The van der Waals surface area contributed by atoms with Gasteiger partial charge in [-0.15, -0.1) is 0 Å². The fraction of sp³-hybridized carbons (Fsp3) is 0.353. The Balaban J connectivity index is 2.84. The van der Waals surface area contributed by atoms with Gasteiger partial charge in [-0.05, 0) is 44.5 Å². The highest BCUT2D eigenvalue weighted by Crippen LogP contribution is 2.21. The van der Waals surface area contributed by atoms with Gasteiger partial charge >= 0.3 is 5.97 Å². The van der Waals surface area contributed by atoms with Crippen LogP contribution in [0.25, 0.3) is 0 Å². The van der Waals surface area contributed by atoms with Crippen LogP contribution in [-0.2, 0) is 25.7 Å². The van der Waals surface area contributed by atoms with Crippen LogP contribution in [0.15, 0.2) is 33.8 Å². The highest BCUT2D eigenvalue weighted by atomic mass is 79.9. The number of Topliss-reactive ketones (excluding diaryl/α,β-unsaturated/α-hetero) is 1.